The number of nitrogens with two attached hydrogens (primary N) is 1. The number of rotatable bonds is 2. The van der Waals surface area contributed by atoms with Gasteiger partial charge in [0, 0.05) is 23.7 Å². The molecule has 0 aliphatic carbocycles. The Morgan fingerprint density at radius 1 is 1.42 bits per heavy atom. The number of aromatic nitrogens is 4. The quantitative estimate of drug-likeness (QED) is 0.684. The van der Waals surface area contributed by atoms with E-state index in [1.807, 2.05) is 18.5 Å². The second-order valence-corrected chi connectivity index (χ2v) is 5.10. The maximum atomic E-state index is 11.1. The van der Waals surface area contributed by atoms with Gasteiger partial charge < -0.3 is 14.7 Å². The summed E-state index contributed by atoms with van der Waals surface area (Å²) >= 11 is 1.39. The van der Waals surface area contributed by atoms with E-state index < -0.39 is 5.76 Å². The molecular formula is C11H11N5O2S. The lowest BCUT2D eigenvalue weighted by atomic mass is 10.3. The maximum absolute atomic E-state index is 11.1. The van der Waals surface area contributed by atoms with Crippen molar-refractivity contribution < 1.29 is 4.42 Å². The number of nitrogen functional groups attached to an aromatic ring is 1. The smallest absolute Gasteiger partial charge is 0.408 e. The number of nitrogens with one attached hydrogen (secondary N) is 1. The molecule has 19 heavy (non-hydrogen) atoms. The molecule has 0 aliphatic rings. The summed E-state index contributed by atoms with van der Waals surface area (Å²) < 4.78 is 6.82. The number of aromatic amines is 1. The van der Waals surface area contributed by atoms with Crippen LogP contribution in [-0.2, 0) is 7.05 Å². The van der Waals surface area contributed by atoms with E-state index in [2.05, 4.69) is 15.2 Å². The zero-order valence-electron chi connectivity index (χ0n) is 10.3. The van der Waals surface area contributed by atoms with Gasteiger partial charge in [0.2, 0.25) is 0 Å². The summed E-state index contributed by atoms with van der Waals surface area (Å²) in [6.07, 6.45) is 0. The molecule has 0 atom stereocenters. The van der Waals surface area contributed by atoms with Crippen LogP contribution in [0.1, 0.15) is 5.82 Å². The summed E-state index contributed by atoms with van der Waals surface area (Å²) in [6, 6.07) is 3.39. The van der Waals surface area contributed by atoms with E-state index in [4.69, 9.17) is 10.2 Å². The van der Waals surface area contributed by atoms with Crippen molar-refractivity contribution in [1.82, 2.24) is 19.7 Å². The van der Waals surface area contributed by atoms with Crippen LogP contribution < -0.4 is 11.5 Å². The standard InChI is InChI=1S/C11H11N5O2S/c1-5-14-15-10(16(5)2)19-9-4-7-8(3-6(9)12)18-11(17)13-7/h3-4H,12H2,1-2H3,(H,13,17). The van der Waals surface area contributed by atoms with Crippen LogP contribution in [0.15, 0.2) is 31.4 Å². The van der Waals surface area contributed by atoms with Gasteiger partial charge in [0.05, 0.1) is 5.52 Å². The summed E-state index contributed by atoms with van der Waals surface area (Å²) in [7, 11) is 1.88. The molecular weight excluding hydrogens is 266 g/mol. The molecule has 0 unspecified atom stereocenters. The van der Waals surface area contributed by atoms with E-state index in [9.17, 15) is 4.79 Å². The molecule has 0 spiro atoms. The highest BCUT2D eigenvalue weighted by Gasteiger charge is 2.12. The molecule has 3 N–H and O–H groups in total. The van der Waals surface area contributed by atoms with Crippen LogP contribution in [-0.4, -0.2) is 19.7 Å². The van der Waals surface area contributed by atoms with Gasteiger partial charge in [0.15, 0.2) is 10.7 Å². The normalized spacial score (nSPS) is 11.3. The van der Waals surface area contributed by atoms with Crippen LogP contribution in [0.3, 0.4) is 0 Å². The van der Waals surface area contributed by atoms with Gasteiger partial charge in [-0.1, -0.05) is 0 Å². The molecule has 98 valence electrons. The third-order valence-electron chi connectivity index (χ3n) is 2.81. The van der Waals surface area contributed by atoms with Gasteiger partial charge in [-0.25, -0.2) is 4.79 Å². The third-order valence-corrected chi connectivity index (χ3v) is 3.92. The molecule has 0 saturated heterocycles. The van der Waals surface area contributed by atoms with Gasteiger partial charge >= 0.3 is 5.76 Å². The first kappa shape index (κ1) is 11.8. The summed E-state index contributed by atoms with van der Waals surface area (Å²) in [5.41, 5.74) is 7.53. The highest BCUT2D eigenvalue weighted by Crippen LogP contribution is 2.33. The lowest BCUT2D eigenvalue weighted by Gasteiger charge is -2.04. The second kappa shape index (κ2) is 4.16. The van der Waals surface area contributed by atoms with E-state index in [1.165, 1.54) is 11.8 Å². The van der Waals surface area contributed by atoms with Crippen LogP contribution in [0, 0.1) is 6.92 Å². The SMILES string of the molecule is Cc1nnc(Sc2cc3[nH]c(=O)oc3cc2N)n1C. The van der Waals surface area contributed by atoms with Crippen molar-refractivity contribution in [2.24, 2.45) is 7.05 Å². The van der Waals surface area contributed by atoms with Crippen molar-refractivity contribution in [2.75, 3.05) is 5.73 Å². The molecule has 3 aromatic rings. The lowest BCUT2D eigenvalue weighted by molar-refractivity contribution is 0.555. The van der Waals surface area contributed by atoms with Crippen molar-refractivity contribution in [3.63, 3.8) is 0 Å². The van der Waals surface area contributed by atoms with Crippen LogP contribution >= 0.6 is 11.8 Å². The largest absolute Gasteiger partial charge is 0.417 e. The molecule has 1 aromatic carbocycles. The van der Waals surface area contributed by atoms with Gasteiger partial charge in [-0.2, -0.15) is 0 Å². The fourth-order valence-corrected chi connectivity index (χ4v) is 2.56. The number of hydrogen-bond acceptors (Lipinski definition) is 6. The van der Waals surface area contributed by atoms with E-state index in [-0.39, 0.29) is 0 Å². The topological polar surface area (TPSA) is 103 Å². The minimum absolute atomic E-state index is 0.445. The molecule has 0 fully saturated rings. The fraction of sp³-hybridized carbons (Fsp3) is 0.182. The number of benzene rings is 1. The molecule has 0 amide bonds. The Balaban J connectivity index is 2.07. The number of oxazole rings is 1. The van der Waals surface area contributed by atoms with Crippen molar-refractivity contribution >= 4 is 28.5 Å². The van der Waals surface area contributed by atoms with E-state index in [1.54, 1.807) is 12.1 Å². The van der Waals surface area contributed by atoms with Crippen molar-refractivity contribution in [1.29, 1.82) is 0 Å². The van der Waals surface area contributed by atoms with Gasteiger partial charge in [0.1, 0.15) is 5.82 Å². The minimum Gasteiger partial charge on any atom is -0.408 e. The van der Waals surface area contributed by atoms with Gasteiger partial charge in [-0.15, -0.1) is 10.2 Å². The fourth-order valence-electron chi connectivity index (χ4n) is 1.66. The van der Waals surface area contributed by atoms with E-state index in [0.29, 0.717) is 16.8 Å². The van der Waals surface area contributed by atoms with E-state index >= 15 is 0 Å². The Hall–Kier alpha value is -2.22. The Morgan fingerprint density at radius 3 is 2.89 bits per heavy atom. The third kappa shape index (κ3) is 1.99. The zero-order valence-corrected chi connectivity index (χ0v) is 11.1. The summed E-state index contributed by atoms with van der Waals surface area (Å²) in [4.78, 5) is 14.5. The Bertz CT molecular complexity index is 816. The van der Waals surface area contributed by atoms with E-state index in [0.717, 1.165) is 15.9 Å². The molecule has 0 aliphatic heterocycles. The molecule has 7 nitrogen and oxygen atoms in total. The van der Waals surface area contributed by atoms with Crippen molar-refractivity contribution in [3.8, 4) is 0 Å². The zero-order chi connectivity index (χ0) is 13.6. The van der Waals surface area contributed by atoms with Crippen LogP contribution in [0.5, 0.6) is 0 Å². The summed E-state index contributed by atoms with van der Waals surface area (Å²) in [5, 5.41) is 8.78. The number of aryl methyl sites for hydroxylation is 1. The number of hydrogen-bond donors (Lipinski definition) is 2. The molecule has 0 radical (unpaired) electrons. The Kier molecular flexibility index (Phi) is 2.59. The Morgan fingerprint density at radius 2 is 2.21 bits per heavy atom. The van der Waals surface area contributed by atoms with Gasteiger partial charge in [0.25, 0.3) is 0 Å². The average Bonchev–Trinajstić information content (AvgIpc) is 2.85. The molecule has 0 bridgehead atoms. The molecule has 2 heterocycles. The molecule has 0 saturated carbocycles. The first-order valence-electron chi connectivity index (χ1n) is 5.51. The van der Waals surface area contributed by atoms with Gasteiger partial charge in [-0.05, 0) is 24.8 Å². The number of fused-ring (bicyclic) bond motifs is 1. The Labute approximate surface area is 111 Å². The van der Waals surface area contributed by atoms with Crippen molar-refractivity contribution in [3.05, 3.63) is 28.5 Å². The molecule has 3 rings (SSSR count). The summed E-state index contributed by atoms with van der Waals surface area (Å²) in [5.74, 6) is 0.324. The monoisotopic (exact) mass is 277 g/mol. The van der Waals surface area contributed by atoms with Crippen LogP contribution in [0.4, 0.5) is 5.69 Å². The summed E-state index contributed by atoms with van der Waals surface area (Å²) in [6.45, 7) is 1.87. The first-order chi connectivity index (χ1) is 9.04. The highest BCUT2D eigenvalue weighted by atomic mass is 32.2. The second-order valence-electron chi connectivity index (χ2n) is 4.09. The van der Waals surface area contributed by atoms with Gasteiger partial charge in [-0.3, -0.25) is 4.98 Å². The number of H-pyrrole nitrogens is 1. The lowest BCUT2D eigenvalue weighted by Crippen LogP contribution is -1.95. The maximum Gasteiger partial charge on any atom is 0.417 e. The van der Waals surface area contributed by atoms with Crippen molar-refractivity contribution in [2.45, 2.75) is 17.0 Å². The predicted molar refractivity (Wildman–Crippen MR) is 71.1 cm³/mol. The number of nitrogens with zero attached hydrogens (tertiary/aromatic N) is 3. The average molecular weight is 277 g/mol. The first-order valence-corrected chi connectivity index (χ1v) is 6.32. The minimum atomic E-state index is -0.494. The predicted octanol–water partition coefficient (Wildman–Crippen LogP) is 1.29. The van der Waals surface area contributed by atoms with Crippen LogP contribution in [0.2, 0.25) is 0 Å². The molecule has 8 heteroatoms. The van der Waals surface area contributed by atoms with Crippen LogP contribution in [0.25, 0.3) is 11.1 Å². The highest BCUT2D eigenvalue weighted by molar-refractivity contribution is 7.99. The molecule has 2 aromatic heterocycles. The number of anilines is 1.